The molecular weight excluding hydrogens is 278 g/mol. The van der Waals surface area contributed by atoms with Crippen LogP contribution in [-0.2, 0) is 0 Å². The number of hydrogen-bond acceptors (Lipinski definition) is 4. The van der Waals surface area contributed by atoms with Gasteiger partial charge in [0.1, 0.15) is 11.5 Å². The summed E-state index contributed by atoms with van der Waals surface area (Å²) in [6.07, 6.45) is 1.25. The second-order valence-electron chi connectivity index (χ2n) is 5.25. The highest BCUT2D eigenvalue weighted by Crippen LogP contribution is 2.38. The molecule has 1 aliphatic rings. The lowest BCUT2D eigenvalue weighted by atomic mass is 10.00. The van der Waals surface area contributed by atoms with Crippen LogP contribution in [0.3, 0.4) is 0 Å². The van der Waals surface area contributed by atoms with Gasteiger partial charge in [-0.2, -0.15) is 0 Å². The summed E-state index contributed by atoms with van der Waals surface area (Å²) >= 11 is 0. The van der Waals surface area contributed by atoms with Gasteiger partial charge in [-0.15, -0.1) is 0 Å². The number of para-hydroxylation sites is 1. The van der Waals surface area contributed by atoms with Gasteiger partial charge < -0.3 is 19.9 Å². The molecule has 1 unspecified atom stereocenters. The number of benzene rings is 2. The van der Waals surface area contributed by atoms with Crippen molar-refractivity contribution in [1.29, 1.82) is 0 Å². The Labute approximate surface area is 130 Å². The number of aliphatic hydroxyl groups is 1. The molecular formula is C18H19NO3. The summed E-state index contributed by atoms with van der Waals surface area (Å²) in [5.74, 6) is 1.47. The first-order valence-corrected chi connectivity index (χ1v) is 7.12. The van der Waals surface area contributed by atoms with Crippen LogP contribution in [0.1, 0.15) is 16.7 Å². The number of aryl methyl sites for hydroxylation is 1. The lowest BCUT2D eigenvalue weighted by Gasteiger charge is -2.13. The van der Waals surface area contributed by atoms with Crippen molar-refractivity contribution in [2.24, 2.45) is 0 Å². The lowest BCUT2D eigenvalue weighted by molar-refractivity contribution is 0.266. The highest BCUT2D eigenvalue weighted by molar-refractivity contribution is 5.95. The lowest BCUT2D eigenvalue weighted by Crippen LogP contribution is -2.12. The number of fused-ring (bicyclic) bond motifs is 1. The molecule has 0 bridgehead atoms. The van der Waals surface area contributed by atoms with Crippen molar-refractivity contribution in [1.82, 2.24) is 0 Å². The van der Waals surface area contributed by atoms with Crippen LogP contribution in [-0.4, -0.2) is 25.6 Å². The van der Waals surface area contributed by atoms with Crippen LogP contribution in [0.4, 0.5) is 5.69 Å². The van der Waals surface area contributed by atoms with Crippen molar-refractivity contribution >= 4 is 17.3 Å². The summed E-state index contributed by atoms with van der Waals surface area (Å²) in [5.41, 5.74) is 4.75. The minimum Gasteiger partial charge on any atom is -0.497 e. The number of hydrogen-bond donors (Lipinski definition) is 2. The Bertz CT molecular complexity index is 737. The fraction of sp³-hybridized carbons (Fsp3) is 0.222. The van der Waals surface area contributed by atoms with Crippen LogP contribution in [0.2, 0.25) is 0 Å². The van der Waals surface area contributed by atoms with Crippen molar-refractivity contribution in [3.63, 3.8) is 0 Å². The van der Waals surface area contributed by atoms with E-state index < -0.39 is 6.23 Å². The second kappa shape index (κ2) is 5.73. The zero-order valence-electron chi connectivity index (χ0n) is 12.9. The van der Waals surface area contributed by atoms with E-state index in [1.807, 2.05) is 49.4 Å². The molecule has 4 heteroatoms. The smallest absolute Gasteiger partial charge is 0.151 e. The molecule has 3 rings (SSSR count). The molecule has 0 aliphatic carbocycles. The molecule has 0 fully saturated rings. The third kappa shape index (κ3) is 2.42. The Balaban J connectivity index is 2.13. The number of methoxy groups -OCH3 is 2. The molecule has 0 amide bonds. The van der Waals surface area contributed by atoms with Gasteiger partial charge in [0.2, 0.25) is 0 Å². The van der Waals surface area contributed by atoms with Crippen molar-refractivity contribution in [3.05, 3.63) is 53.1 Å². The van der Waals surface area contributed by atoms with Gasteiger partial charge in [-0.3, -0.25) is 0 Å². The quantitative estimate of drug-likeness (QED) is 0.912. The number of nitrogens with one attached hydrogen (secondary N) is 1. The fourth-order valence-electron chi connectivity index (χ4n) is 2.75. The Morgan fingerprint density at radius 2 is 1.91 bits per heavy atom. The number of ether oxygens (including phenoxy) is 2. The Kier molecular flexibility index (Phi) is 3.77. The molecule has 0 spiro atoms. The first kappa shape index (κ1) is 14.5. The van der Waals surface area contributed by atoms with Gasteiger partial charge in [-0.05, 0) is 30.7 Å². The van der Waals surface area contributed by atoms with E-state index in [9.17, 15) is 5.11 Å². The molecule has 1 atom stereocenters. The zero-order valence-corrected chi connectivity index (χ0v) is 12.9. The predicted octanol–water partition coefficient (Wildman–Crippen LogP) is 3.30. The van der Waals surface area contributed by atoms with Crippen LogP contribution in [0.25, 0.3) is 11.6 Å². The molecule has 0 radical (unpaired) electrons. The maximum absolute atomic E-state index is 10.3. The number of rotatable bonds is 3. The fourth-order valence-corrected chi connectivity index (χ4v) is 2.75. The Hall–Kier alpha value is -2.46. The summed E-state index contributed by atoms with van der Waals surface area (Å²) in [4.78, 5) is 0. The molecule has 1 aliphatic heterocycles. The monoisotopic (exact) mass is 297 g/mol. The maximum Gasteiger partial charge on any atom is 0.151 e. The van der Waals surface area contributed by atoms with E-state index in [2.05, 4.69) is 5.32 Å². The van der Waals surface area contributed by atoms with Crippen molar-refractivity contribution < 1.29 is 14.6 Å². The minimum absolute atomic E-state index is 0.719. The van der Waals surface area contributed by atoms with Gasteiger partial charge >= 0.3 is 0 Å². The first-order valence-electron chi connectivity index (χ1n) is 7.12. The minimum atomic E-state index is -0.719. The van der Waals surface area contributed by atoms with Crippen LogP contribution < -0.4 is 14.8 Å². The molecule has 0 aromatic heterocycles. The van der Waals surface area contributed by atoms with Gasteiger partial charge in [0.15, 0.2) is 6.23 Å². The van der Waals surface area contributed by atoms with Gasteiger partial charge in [0.25, 0.3) is 0 Å². The molecule has 22 heavy (non-hydrogen) atoms. The van der Waals surface area contributed by atoms with E-state index in [-0.39, 0.29) is 0 Å². The van der Waals surface area contributed by atoms with Crippen LogP contribution in [0.5, 0.6) is 11.5 Å². The largest absolute Gasteiger partial charge is 0.497 e. The van der Waals surface area contributed by atoms with Gasteiger partial charge in [0, 0.05) is 28.5 Å². The third-order valence-electron chi connectivity index (χ3n) is 3.90. The molecule has 0 saturated carbocycles. The summed E-state index contributed by atoms with van der Waals surface area (Å²) in [6, 6.07) is 11.7. The van der Waals surface area contributed by atoms with Gasteiger partial charge in [-0.1, -0.05) is 18.2 Å². The van der Waals surface area contributed by atoms with E-state index in [0.29, 0.717) is 0 Å². The summed E-state index contributed by atoms with van der Waals surface area (Å²) in [6.45, 7) is 2.00. The number of anilines is 1. The molecule has 4 nitrogen and oxygen atoms in total. The first-order chi connectivity index (χ1) is 10.6. The predicted molar refractivity (Wildman–Crippen MR) is 88.2 cm³/mol. The second-order valence-corrected chi connectivity index (χ2v) is 5.25. The molecule has 0 saturated heterocycles. The molecule has 2 aromatic rings. The van der Waals surface area contributed by atoms with Crippen molar-refractivity contribution in [2.75, 3.05) is 19.5 Å². The molecule has 114 valence electrons. The topological polar surface area (TPSA) is 50.7 Å². The average Bonchev–Trinajstić information content (AvgIpc) is 2.84. The average molecular weight is 297 g/mol. The Morgan fingerprint density at radius 1 is 1.14 bits per heavy atom. The van der Waals surface area contributed by atoms with E-state index in [1.54, 1.807) is 14.2 Å². The van der Waals surface area contributed by atoms with Crippen LogP contribution in [0, 0.1) is 6.92 Å². The highest BCUT2D eigenvalue weighted by Gasteiger charge is 2.24. The van der Waals surface area contributed by atoms with E-state index in [0.717, 1.165) is 39.4 Å². The Morgan fingerprint density at radius 3 is 2.64 bits per heavy atom. The standard InChI is InChI=1S/C18H19NO3/c1-11-8-12(21-2)9-17(22-3)14(11)10-15-13-6-4-5-7-16(13)19-18(15)20/h4-10,18-20H,1-3H3/b15-10-. The maximum atomic E-state index is 10.3. The SMILES string of the molecule is COc1cc(C)c(/C=C2/c3ccccc3NC2O)c(OC)c1. The van der Waals surface area contributed by atoms with Crippen molar-refractivity contribution in [3.8, 4) is 11.5 Å². The van der Waals surface area contributed by atoms with E-state index in [1.165, 1.54) is 0 Å². The normalized spacial score (nSPS) is 18.0. The van der Waals surface area contributed by atoms with Crippen molar-refractivity contribution in [2.45, 2.75) is 13.2 Å². The summed E-state index contributed by atoms with van der Waals surface area (Å²) < 4.78 is 10.8. The summed E-state index contributed by atoms with van der Waals surface area (Å²) in [7, 11) is 3.26. The van der Waals surface area contributed by atoms with Gasteiger partial charge in [-0.25, -0.2) is 0 Å². The third-order valence-corrected chi connectivity index (χ3v) is 3.90. The molecule has 1 heterocycles. The van der Waals surface area contributed by atoms with E-state index in [4.69, 9.17) is 9.47 Å². The van der Waals surface area contributed by atoms with Crippen LogP contribution in [0.15, 0.2) is 36.4 Å². The molecule has 2 aromatic carbocycles. The highest BCUT2D eigenvalue weighted by atomic mass is 16.5. The number of aliphatic hydroxyl groups excluding tert-OH is 1. The van der Waals surface area contributed by atoms with Crippen LogP contribution >= 0.6 is 0 Å². The molecule has 2 N–H and O–H groups in total. The van der Waals surface area contributed by atoms with Gasteiger partial charge in [0.05, 0.1) is 14.2 Å². The van der Waals surface area contributed by atoms with E-state index >= 15 is 0 Å². The zero-order chi connectivity index (χ0) is 15.7. The summed E-state index contributed by atoms with van der Waals surface area (Å²) in [5, 5.41) is 13.4.